The minimum atomic E-state index is -0.246. The summed E-state index contributed by atoms with van der Waals surface area (Å²) in [5.41, 5.74) is 0.935. The maximum absolute atomic E-state index is 12.5. The van der Waals surface area contributed by atoms with Gasteiger partial charge >= 0.3 is 0 Å². The van der Waals surface area contributed by atoms with Gasteiger partial charge in [-0.1, -0.05) is 0 Å². The Hall–Kier alpha value is -2.59. The van der Waals surface area contributed by atoms with Gasteiger partial charge in [0.2, 0.25) is 0 Å². The van der Waals surface area contributed by atoms with Crippen LogP contribution in [0.15, 0.2) is 24.7 Å². The zero-order valence-corrected chi connectivity index (χ0v) is 13.2. The molecular formula is C16H19N5O2. The second-order valence-electron chi connectivity index (χ2n) is 5.57. The minimum Gasteiger partial charge on any atom is -0.368 e. The van der Waals surface area contributed by atoms with Gasteiger partial charge in [-0.25, -0.2) is 4.98 Å². The fraction of sp³-hybridized carbons (Fsp3) is 0.438. The minimum absolute atomic E-state index is 0.129. The number of nitrogens with one attached hydrogen (secondary N) is 1. The van der Waals surface area contributed by atoms with Crippen molar-refractivity contribution in [1.29, 1.82) is 5.26 Å². The molecule has 2 aromatic heterocycles. The number of imidazole rings is 1. The Balaban J connectivity index is 1.77. The van der Waals surface area contributed by atoms with Crippen LogP contribution in [0.25, 0.3) is 0 Å². The molecule has 0 aliphatic carbocycles. The Labute approximate surface area is 134 Å². The number of ether oxygens (including phenoxy) is 1. The molecule has 7 heteroatoms. The van der Waals surface area contributed by atoms with Gasteiger partial charge in [-0.05, 0) is 19.4 Å². The SMILES string of the molecule is CCn1ccnc1[C@H]1OCC[C@@H]1NC(=O)c1cc(C#N)cn1C. The van der Waals surface area contributed by atoms with Crippen LogP contribution in [0.1, 0.15) is 41.3 Å². The van der Waals surface area contributed by atoms with Crippen molar-refractivity contribution >= 4 is 5.91 Å². The van der Waals surface area contributed by atoms with E-state index in [1.807, 2.05) is 23.8 Å². The molecule has 0 radical (unpaired) electrons. The molecule has 23 heavy (non-hydrogen) atoms. The lowest BCUT2D eigenvalue weighted by Crippen LogP contribution is -2.38. The number of hydrogen-bond acceptors (Lipinski definition) is 4. The molecule has 3 heterocycles. The van der Waals surface area contributed by atoms with Gasteiger partial charge in [0.1, 0.15) is 23.7 Å². The molecule has 1 aliphatic heterocycles. The Morgan fingerprint density at radius 2 is 2.43 bits per heavy atom. The summed E-state index contributed by atoms with van der Waals surface area (Å²) in [5.74, 6) is 0.629. The van der Waals surface area contributed by atoms with E-state index in [0.717, 1.165) is 18.8 Å². The van der Waals surface area contributed by atoms with Gasteiger partial charge in [0.25, 0.3) is 5.91 Å². The summed E-state index contributed by atoms with van der Waals surface area (Å²) in [7, 11) is 1.75. The summed E-state index contributed by atoms with van der Waals surface area (Å²) in [6.45, 7) is 3.43. The lowest BCUT2D eigenvalue weighted by atomic mass is 10.1. The molecule has 1 aliphatic rings. The number of hydrogen-bond donors (Lipinski definition) is 1. The molecule has 1 N–H and O–H groups in total. The van der Waals surface area contributed by atoms with Crippen LogP contribution < -0.4 is 5.32 Å². The van der Waals surface area contributed by atoms with Crippen LogP contribution in [0.3, 0.4) is 0 Å². The van der Waals surface area contributed by atoms with Crippen LogP contribution in [-0.2, 0) is 18.3 Å². The van der Waals surface area contributed by atoms with Crippen molar-refractivity contribution in [3.05, 3.63) is 41.7 Å². The third-order valence-corrected chi connectivity index (χ3v) is 4.12. The van der Waals surface area contributed by atoms with Crippen molar-refractivity contribution in [3.8, 4) is 6.07 Å². The molecular weight excluding hydrogens is 294 g/mol. The highest BCUT2D eigenvalue weighted by Crippen LogP contribution is 2.28. The first-order chi connectivity index (χ1) is 11.1. The zero-order chi connectivity index (χ0) is 16.4. The molecule has 1 amide bonds. The van der Waals surface area contributed by atoms with E-state index < -0.39 is 0 Å². The maximum Gasteiger partial charge on any atom is 0.268 e. The zero-order valence-electron chi connectivity index (χ0n) is 13.2. The highest BCUT2D eigenvalue weighted by atomic mass is 16.5. The number of aryl methyl sites for hydroxylation is 2. The van der Waals surface area contributed by atoms with E-state index in [9.17, 15) is 4.79 Å². The lowest BCUT2D eigenvalue weighted by molar-refractivity contribution is 0.0771. The number of nitrogens with zero attached hydrogens (tertiary/aromatic N) is 4. The summed E-state index contributed by atoms with van der Waals surface area (Å²) < 4.78 is 9.47. The van der Waals surface area contributed by atoms with E-state index in [2.05, 4.69) is 10.3 Å². The maximum atomic E-state index is 12.5. The quantitative estimate of drug-likeness (QED) is 0.924. The molecule has 0 bridgehead atoms. The molecule has 120 valence electrons. The highest BCUT2D eigenvalue weighted by Gasteiger charge is 2.34. The molecule has 2 atom stereocenters. The van der Waals surface area contributed by atoms with Crippen molar-refractivity contribution in [2.45, 2.75) is 32.0 Å². The largest absolute Gasteiger partial charge is 0.368 e. The van der Waals surface area contributed by atoms with E-state index in [-0.39, 0.29) is 18.1 Å². The number of carbonyl (C=O) groups is 1. The molecule has 0 aromatic carbocycles. The standard InChI is InChI=1S/C16H19N5O2/c1-3-21-6-5-18-15(21)14-12(4-7-23-14)19-16(22)13-8-11(9-17)10-20(13)2/h5-6,8,10,12,14H,3-4,7H2,1-2H3,(H,19,22)/t12-,14-/m0/s1. The first-order valence-corrected chi connectivity index (χ1v) is 7.64. The van der Waals surface area contributed by atoms with Crippen molar-refractivity contribution in [2.75, 3.05) is 6.61 Å². The van der Waals surface area contributed by atoms with Crippen LogP contribution in [0.5, 0.6) is 0 Å². The summed E-state index contributed by atoms with van der Waals surface area (Å²) in [4.78, 5) is 16.9. The molecule has 7 nitrogen and oxygen atoms in total. The molecule has 1 saturated heterocycles. The van der Waals surface area contributed by atoms with Crippen LogP contribution in [0.4, 0.5) is 0 Å². The summed E-state index contributed by atoms with van der Waals surface area (Å²) in [6.07, 6.45) is 5.79. The topological polar surface area (TPSA) is 84.9 Å². The van der Waals surface area contributed by atoms with Crippen LogP contribution >= 0.6 is 0 Å². The average molecular weight is 313 g/mol. The van der Waals surface area contributed by atoms with Crippen LogP contribution in [0, 0.1) is 11.3 Å². The summed E-state index contributed by atoms with van der Waals surface area (Å²) in [6, 6.07) is 3.51. The average Bonchev–Trinajstić information content (AvgIpc) is 3.25. The molecule has 1 fully saturated rings. The van der Waals surface area contributed by atoms with Crippen molar-refractivity contribution in [1.82, 2.24) is 19.4 Å². The smallest absolute Gasteiger partial charge is 0.268 e. The first-order valence-electron chi connectivity index (χ1n) is 7.64. The number of carbonyl (C=O) groups excluding carboxylic acids is 1. The summed E-state index contributed by atoms with van der Waals surface area (Å²) >= 11 is 0. The fourth-order valence-corrected chi connectivity index (χ4v) is 2.93. The Morgan fingerprint density at radius 3 is 3.13 bits per heavy atom. The third-order valence-electron chi connectivity index (χ3n) is 4.12. The third kappa shape index (κ3) is 2.85. The lowest BCUT2D eigenvalue weighted by Gasteiger charge is -2.20. The predicted molar refractivity (Wildman–Crippen MR) is 82.6 cm³/mol. The molecule has 0 spiro atoms. The molecule has 3 rings (SSSR count). The Morgan fingerprint density at radius 1 is 1.61 bits per heavy atom. The number of nitriles is 1. The van der Waals surface area contributed by atoms with Crippen LogP contribution in [0.2, 0.25) is 0 Å². The monoisotopic (exact) mass is 313 g/mol. The van der Waals surface area contributed by atoms with E-state index in [4.69, 9.17) is 10.00 Å². The fourth-order valence-electron chi connectivity index (χ4n) is 2.93. The van der Waals surface area contributed by atoms with Gasteiger partial charge in [-0.15, -0.1) is 0 Å². The number of amides is 1. The summed E-state index contributed by atoms with van der Waals surface area (Å²) in [5, 5.41) is 12.0. The molecule has 2 aromatic rings. The van der Waals surface area contributed by atoms with Gasteiger partial charge in [-0.2, -0.15) is 5.26 Å². The van der Waals surface area contributed by atoms with Crippen molar-refractivity contribution in [3.63, 3.8) is 0 Å². The van der Waals surface area contributed by atoms with Gasteiger partial charge in [0, 0.05) is 38.8 Å². The number of aromatic nitrogens is 3. The molecule has 0 unspecified atom stereocenters. The van der Waals surface area contributed by atoms with Crippen LogP contribution in [-0.4, -0.2) is 32.7 Å². The second-order valence-corrected chi connectivity index (χ2v) is 5.57. The van der Waals surface area contributed by atoms with Gasteiger partial charge in [0.05, 0.1) is 11.6 Å². The number of rotatable bonds is 4. The highest BCUT2D eigenvalue weighted by molar-refractivity contribution is 5.93. The molecule has 0 saturated carbocycles. The van der Waals surface area contributed by atoms with Gasteiger partial charge in [0.15, 0.2) is 0 Å². The van der Waals surface area contributed by atoms with Gasteiger partial charge in [-0.3, -0.25) is 4.79 Å². The van der Waals surface area contributed by atoms with E-state index >= 15 is 0 Å². The van der Waals surface area contributed by atoms with Gasteiger partial charge < -0.3 is 19.2 Å². The predicted octanol–water partition coefficient (Wildman–Crippen LogP) is 1.37. The normalized spacial score (nSPS) is 20.4. The van der Waals surface area contributed by atoms with E-state index in [1.54, 1.807) is 30.1 Å². The van der Waals surface area contributed by atoms with E-state index in [1.165, 1.54) is 0 Å². The van der Waals surface area contributed by atoms with E-state index in [0.29, 0.717) is 17.9 Å². The van der Waals surface area contributed by atoms with Crippen molar-refractivity contribution in [2.24, 2.45) is 7.05 Å². The van der Waals surface area contributed by atoms with Crippen molar-refractivity contribution < 1.29 is 9.53 Å². The Kier molecular flexibility index (Phi) is 4.17. The first kappa shape index (κ1) is 15.3. The Bertz CT molecular complexity index is 755. The second kappa shape index (κ2) is 6.26.